The third-order valence-electron chi connectivity index (χ3n) is 7.51. The van der Waals surface area contributed by atoms with Crippen molar-refractivity contribution in [1.82, 2.24) is 14.7 Å². The predicted octanol–water partition coefficient (Wildman–Crippen LogP) is 6.30. The summed E-state index contributed by atoms with van der Waals surface area (Å²) in [5.74, 6) is -1.43. The van der Waals surface area contributed by atoms with Crippen molar-refractivity contribution in [3.63, 3.8) is 0 Å². The molecule has 0 radical (unpaired) electrons. The Labute approximate surface area is 227 Å². The molecule has 2 heterocycles. The molecule has 0 fully saturated rings. The summed E-state index contributed by atoms with van der Waals surface area (Å²) in [6.45, 7) is 8.37. The van der Waals surface area contributed by atoms with Crippen molar-refractivity contribution in [1.29, 1.82) is 0 Å². The number of para-hydroxylation sites is 1. The number of benzene rings is 3. The maximum absolute atomic E-state index is 15.8. The Hall–Kier alpha value is -4.04. The van der Waals surface area contributed by atoms with Gasteiger partial charge < -0.3 is 11.1 Å². The second-order valence-electron chi connectivity index (χ2n) is 10.0. The van der Waals surface area contributed by atoms with Crippen molar-refractivity contribution in [2.75, 3.05) is 11.9 Å². The molecule has 39 heavy (non-hydrogen) atoms. The first-order chi connectivity index (χ1) is 18.8. The van der Waals surface area contributed by atoms with Crippen LogP contribution in [0.4, 0.5) is 19.3 Å². The molecule has 3 aromatic carbocycles. The van der Waals surface area contributed by atoms with E-state index in [0.717, 1.165) is 66.1 Å². The van der Waals surface area contributed by atoms with E-state index in [1.807, 2.05) is 22.9 Å². The lowest BCUT2D eigenvalue weighted by molar-refractivity contribution is 0.244. The van der Waals surface area contributed by atoms with Crippen LogP contribution >= 0.6 is 0 Å². The van der Waals surface area contributed by atoms with Crippen LogP contribution in [-0.4, -0.2) is 27.3 Å². The summed E-state index contributed by atoms with van der Waals surface area (Å²) in [6, 6.07) is 15.6. The number of nitrogens with one attached hydrogen (secondary N) is 1. The molecule has 5 rings (SSSR count). The molecule has 3 N–H and O–H groups in total. The first kappa shape index (κ1) is 26.6. The summed E-state index contributed by atoms with van der Waals surface area (Å²) in [4.78, 5) is 13.7. The second kappa shape index (κ2) is 11.0. The SMILES string of the molecule is CCc1cccc(CC)c1-n1nc2c(c1-c1cc(F)c(NC(N)=O)cc1F)CN(Cc1ccccc1C)CC2. The highest BCUT2D eigenvalue weighted by Crippen LogP contribution is 2.38. The van der Waals surface area contributed by atoms with Gasteiger partial charge in [-0.15, -0.1) is 0 Å². The molecule has 8 heteroatoms. The number of aryl methyl sites for hydroxylation is 3. The van der Waals surface area contributed by atoms with Crippen LogP contribution in [-0.2, 0) is 32.4 Å². The highest BCUT2D eigenvalue weighted by molar-refractivity contribution is 5.88. The molecule has 0 saturated carbocycles. The highest BCUT2D eigenvalue weighted by atomic mass is 19.1. The summed E-state index contributed by atoms with van der Waals surface area (Å²) in [5, 5.41) is 7.19. The first-order valence-corrected chi connectivity index (χ1v) is 13.3. The number of fused-ring (bicyclic) bond motifs is 1. The van der Waals surface area contributed by atoms with Gasteiger partial charge in [0.2, 0.25) is 0 Å². The Morgan fingerprint density at radius 3 is 2.36 bits per heavy atom. The quantitative estimate of drug-likeness (QED) is 0.295. The number of nitrogens with zero attached hydrogens (tertiary/aromatic N) is 3. The van der Waals surface area contributed by atoms with E-state index in [2.05, 4.69) is 55.3 Å². The van der Waals surface area contributed by atoms with Crippen LogP contribution in [0.3, 0.4) is 0 Å². The molecule has 0 spiro atoms. The number of nitrogens with two attached hydrogens (primary N) is 1. The van der Waals surface area contributed by atoms with E-state index in [0.29, 0.717) is 18.7 Å². The number of halogens is 2. The minimum Gasteiger partial charge on any atom is -0.351 e. The standard InChI is InChI=1S/C31H33F2N5O/c1-4-20-11-8-12-21(5-2)29(20)38-30(23-15-26(33)28(16-25(23)32)35-31(34)39)24-18-37(14-13-27(24)36-38)17-22-10-7-6-9-19(22)3/h6-12,15-16H,4-5,13-14,17-18H2,1-3H3,(H3,34,35,39). The zero-order valence-electron chi connectivity index (χ0n) is 22.5. The molecule has 1 aliphatic rings. The van der Waals surface area contributed by atoms with Crippen molar-refractivity contribution in [2.45, 2.75) is 53.1 Å². The first-order valence-electron chi connectivity index (χ1n) is 13.3. The van der Waals surface area contributed by atoms with E-state index in [1.165, 1.54) is 11.1 Å². The molecule has 202 valence electrons. The summed E-state index contributed by atoms with van der Waals surface area (Å²) < 4.78 is 32.7. The second-order valence-corrected chi connectivity index (χ2v) is 10.0. The molecule has 0 saturated heterocycles. The number of primary amides is 1. The fourth-order valence-corrected chi connectivity index (χ4v) is 5.48. The number of anilines is 1. The number of hydrogen-bond donors (Lipinski definition) is 2. The molecule has 1 aliphatic heterocycles. The molecule has 1 aromatic heterocycles. The van der Waals surface area contributed by atoms with Crippen molar-refractivity contribution in [3.05, 3.63) is 99.7 Å². The third-order valence-corrected chi connectivity index (χ3v) is 7.51. The van der Waals surface area contributed by atoms with E-state index in [1.54, 1.807) is 0 Å². The number of hydrogen-bond acceptors (Lipinski definition) is 3. The van der Waals surface area contributed by atoms with Crippen LogP contribution < -0.4 is 11.1 Å². The van der Waals surface area contributed by atoms with Gasteiger partial charge in [0.15, 0.2) is 0 Å². The lowest BCUT2D eigenvalue weighted by atomic mass is 9.98. The molecule has 0 unspecified atom stereocenters. The monoisotopic (exact) mass is 529 g/mol. The van der Waals surface area contributed by atoms with Gasteiger partial charge >= 0.3 is 6.03 Å². The van der Waals surface area contributed by atoms with Gasteiger partial charge in [-0.05, 0) is 48.1 Å². The zero-order chi connectivity index (χ0) is 27.7. The number of rotatable bonds is 7. The number of carbonyl (C=O) groups is 1. The molecular weight excluding hydrogens is 496 g/mol. The molecule has 6 nitrogen and oxygen atoms in total. The zero-order valence-corrected chi connectivity index (χ0v) is 22.5. The van der Waals surface area contributed by atoms with Gasteiger partial charge in [0.1, 0.15) is 11.6 Å². The Morgan fingerprint density at radius 1 is 1.00 bits per heavy atom. The fraction of sp³-hybridized carbons (Fsp3) is 0.290. The fourth-order valence-electron chi connectivity index (χ4n) is 5.48. The number of urea groups is 1. The lowest BCUT2D eigenvalue weighted by Crippen LogP contribution is -2.30. The Morgan fingerprint density at radius 2 is 1.69 bits per heavy atom. The Bertz CT molecular complexity index is 1520. The molecular formula is C31H33F2N5O. The van der Waals surface area contributed by atoms with Crippen molar-refractivity contribution < 1.29 is 13.6 Å². The van der Waals surface area contributed by atoms with Gasteiger partial charge in [0, 0.05) is 43.2 Å². The third kappa shape index (κ3) is 5.16. The summed E-state index contributed by atoms with van der Waals surface area (Å²) in [6.07, 6.45) is 2.23. The molecule has 2 amide bonds. The van der Waals surface area contributed by atoms with Crippen LogP contribution in [0.2, 0.25) is 0 Å². The van der Waals surface area contributed by atoms with Gasteiger partial charge in [-0.2, -0.15) is 5.10 Å². The summed E-state index contributed by atoms with van der Waals surface area (Å²) >= 11 is 0. The molecule has 0 atom stereocenters. The average Bonchev–Trinajstić information content (AvgIpc) is 3.29. The van der Waals surface area contributed by atoms with Gasteiger partial charge in [0.05, 0.1) is 22.8 Å². The summed E-state index contributed by atoms with van der Waals surface area (Å²) in [7, 11) is 0. The van der Waals surface area contributed by atoms with Gasteiger partial charge in [0.25, 0.3) is 0 Å². The largest absolute Gasteiger partial charge is 0.351 e. The van der Waals surface area contributed by atoms with Crippen LogP contribution in [0.25, 0.3) is 16.9 Å². The van der Waals surface area contributed by atoms with Gasteiger partial charge in [-0.1, -0.05) is 56.3 Å². The van der Waals surface area contributed by atoms with E-state index < -0.39 is 17.7 Å². The molecule has 0 aliphatic carbocycles. The maximum Gasteiger partial charge on any atom is 0.316 e. The Balaban J connectivity index is 1.69. The molecule has 4 aromatic rings. The minimum atomic E-state index is -0.959. The van der Waals surface area contributed by atoms with Crippen LogP contribution in [0, 0.1) is 18.6 Å². The number of amides is 2. The van der Waals surface area contributed by atoms with E-state index in [-0.39, 0.29) is 11.3 Å². The summed E-state index contributed by atoms with van der Waals surface area (Å²) in [5.41, 5.74) is 12.8. The number of carbonyl (C=O) groups excluding carboxylic acids is 1. The van der Waals surface area contributed by atoms with Gasteiger partial charge in [-0.25, -0.2) is 18.3 Å². The average molecular weight is 530 g/mol. The van der Waals surface area contributed by atoms with Crippen LogP contribution in [0.5, 0.6) is 0 Å². The lowest BCUT2D eigenvalue weighted by Gasteiger charge is -2.27. The predicted molar refractivity (Wildman–Crippen MR) is 150 cm³/mol. The van der Waals surface area contributed by atoms with Crippen molar-refractivity contribution in [3.8, 4) is 16.9 Å². The van der Waals surface area contributed by atoms with Gasteiger partial charge in [-0.3, -0.25) is 4.90 Å². The maximum atomic E-state index is 15.8. The van der Waals surface area contributed by atoms with Crippen LogP contribution in [0.15, 0.2) is 54.6 Å². The van der Waals surface area contributed by atoms with E-state index in [4.69, 9.17) is 10.8 Å². The highest BCUT2D eigenvalue weighted by Gasteiger charge is 2.30. The molecule has 0 bridgehead atoms. The van der Waals surface area contributed by atoms with Crippen LogP contribution in [0.1, 0.15) is 47.4 Å². The minimum absolute atomic E-state index is 0.0990. The van der Waals surface area contributed by atoms with Crippen molar-refractivity contribution in [2.24, 2.45) is 5.73 Å². The number of aromatic nitrogens is 2. The Kier molecular flexibility index (Phi) is 7.48. The van der Waals surface area contributed by atoms with E-state index in [9.17, 15) is 4.79 Å². The van der Waals surface area contributed by atoms with Crippen molar-refractivity contribution >= 4 is 11.7 Å². The van der Waals surface area contributed by atoms with E-state index >= 15 is 8.78 Å². The topological polar surface area (TPSA) is 76.2 Å². The smallest absolute Gasteiger partial charge is 0.316 e. The normalized spacial score (nSPS) is 13.4.